The maximum atomic E-state index is 9.66. The predicted octanol–water partition coefficient (Wildman–Crippen LogP) is 3.51. The number of phenols is 1. The lowest BCUT2D eigenvalue weighted by Crippen LogP contribution is -1.92. The first-order valence-electron chi connectivity index (χ1n) is 6.13. The molecule has 0 bridgehead atoms. The van der Waals surface area contributed by atoms with Crippen molar-refractivity contribution in [3.8, 4) is 17.2 Å². The molecule has 2 aromatic rings. The van der Waals surface area contributed by atoms with E-state index in [-0.39, 0.29) is 5.75 Å². The zero-order valence-electron chi connectivity index (χ0n) is 11.6. The number of methoxy groups -OCH3 is 2. The lowest BCUT2D eigenvalue weighted by Gasteiger charge is -2.05. The Morgan fingerprint density at radius 3 is 2.43 bits per heavy atom. The van der Waals surface area contributed by atoms with Crippen LogP contribution in [0, 0.1) is 0 Å². The molecule has 0 aliphatic carbocycles. The van der Waals surface area contributed by atoms with E-state index in [9.17, 15) is 5.11 Å². The number of halogens is 1. The van der Waals surface area contributed by atoms with Gasteiger partial charge in [0, 0.05) is 0 Å². The number of aromatic hydroxyl groups is 1. The number of anilines is 1. The largest absolute Gasteiger partial charge is 0.504 e. The van der Waals surface area contributed by atoms with Crippen molar-refractivity contribution < 1.29 is 14.6 Å². The minimum atomic E-state index is 0.0638. The van der Waals surface area contributed by atoms with Crippen LogP contribution in [0.15, 0.2) is 41.5 Å². The summed E-state index contributed by atoms with van der Waals surface area (Å²) in [5.41, 5.74) is 4.32. The second kappa shape index (κ2) is 6.85. The molecule has 0 aliphatic heterocycles. The molecule has 0 spiro atoms. The molecule has 0 saturated carbocycles. The molecular weight excluding hydrogens is 292 g/mol. The monoisotopic (exact) mass is 306 g/mol. The van der Waals surface area contributed by atoms with Crippen molar-refractivity contribution in [3.63, 3.8) is 0 Å². The zero-order valence-corrected chi connectivity index (χ0v) is 12.4. The Hall–Kier alpha value is -2.40. The first-order chi connectivity index (χ1) is 10.1. The molecule has 5 nitrogen and oxygen atoms in total. The van der Waals surface area contributed by atoms with Crippen molar-refractivity contribution in [1.29, 1.82) is 0 Å². The SMILES string of the molecule is COc1ccc(/C=N/Nc2ccc(OC)c(Cl)c2)cc1O. The number of phenolic OH excluding ortho intramolecular Hbond substituents is 1. The van der Waals surface area contributed by atoms with Crippen LogP contribution in [0.1, 0.15) is 5.56 Å². The summed E-state index contributed by atoms with van der Waals surface area (Å²) in [7, 11) is 3.06. The highest BCUT2D eigenvalue weighted by Crippen LogP contribution is 2.27. The van der Waals surface area contributed by atoms with Gasteiger partial charge in [0.2, 0.25) is 0 Å². The second-order valence-corrected chi connectivity index (χ2v) is 4.56. The lowest BCUT2D eigenvalue weighted by atomic mass is 10.2. The standard InChI is InChI=1S/C15H15ClN2O3/c1-20-14-6-4-11(8-12(14)16)18-17-9-10-3-5-15(21-2)13(19)7-10/h3-9,18-19H,1-2H3/b17-9+. The van der Waals surface area contributed by atoms with Crippen LogP contribution >= 0.6 is 11.6 Å². The van der Waals surface area contributed by atoms with E-state index in [1.807, 2.05) is 0 Å². The maximum Gasteiger partial charge on any atom is 0.160 e. The molecule has 0 radical (unpaired) electrons. The Bertz CT molecular complexity index is 659. The highest BCUT2D eigenvalue weighted by Gasteiger charge is 2.02. The highest BCUT2D eigenvalue weighted by atomic mass is 35.5. The summed E-state index contributed by atoms with van der Waals surface area (Å²) in [6.07, 6.45) is 1.58. The molecule has 0 atom stereocenters. The summed E-state index contributed by atoms with van der Waals surface area (Å²) in [4.78, 5) is 0. The third-order valence-corrected chi connectivity index (χ3v) is 3.06. The van der Waals surface area contributed by atoms with Crippen LogP contribution in [0.2, 0.25) is 5.02 Å². The summed E-state index contributed by atoms with van der Waals surface area (Å²) in [6.45, 7) is 0. The van der Waals surface area contributed by atoms with Crippen molar-refractivity contribution in [2.24, 2.45) is 5.10 Å². The molecular formula is C15H15ClN2O3. The van der Waals surface area contributed by atoms with Crippen LogP contribution in [0.3, 0.4) is 0 Å². The van der Waals surface area contributed by atoms with Crippen LogP contribution < -0.4 is 14.9 Å². The first-order valence-corrected chi connectivity index (χ1v) is 6.51. The quantitative estimate of drug-likeness (QED) is 0.655. The fraction of sp³-hybridized carbons (Fsp3) is 0.133. The van der Waals surface area contributed by atoms with E-state index in [1.165, 1.54) is 7.11 Å². The number of benzene rings is 2. The van der Waals surface area contributed by atoms with Crippen molar-refractivity contribution in [3.05, 3.63) is 47.0 Å². The maximum absolute atomic E-state index is 9.66. The van der Waals surface area contributed by atoms with Crippen LogP contribution in [-0.2, 0) is 0 Å². The van der Waals surface area contributed by atoms with Gasteiger partial charge in [0.25, 0.3) is 0 Å². The summed E-state index contributed by atoms with van der Waals surface area (Å²) in [5.74, 6) is 1.09. The minimum Gasteiger partial charge on any atom is -0.504 e. The zero-order chi connectivity index (χ0) is 15.2. The fourth-order valence-corrected chi connectivity index (χ4v) is 1.96. The van der Waals surface area contributed by atoms with Gasteiger partial charge in [-0.15, -0.1) is 0 Å². The van der Waals surface area contributed by atoms with E-state index in [4.69, 9.17) is 21.1 Å². The average Bonchev–Trinajstić information content (AvgIpc) is 2.48. The number of rotatable bonds is 5. The second-order valence-electron chi connectivity index (χ2n) is 4.15. The van der Waals surface area contributed by atoms with Crippen molar-refractivity contribution >= 4 is 23.5 Å². The first kappa shape index (κ1) is 15.0. The van der Waals surface area contributed by atoms with Crippen LogP contribution in [0.4, 0.5) is 5.69 Å². The molecule has 0 heterocycles. The smallest absolute Gasteiger partial charge is 0.160 e. The van der Waals surface area contributed by atoms with E-state index in [1.54, 1.807) is 49.7 Å². The van der Waals surface area contributed by atoms with Gasteiger partial charge in [0.1, 0.15) is 5.75 Å². The van der Waals surface area contributed by atoms with Crippen molar-refractivity contribution in [2.45, 2.75) is 0 Å². The molecule has 0 saturated heterocycles. The van der Waals surface area contributed by atoms with E-state index in [0.717, 1.165) is 11.3 Å². The van der Waals surface area contributed by atoms with Crippen LogP contribution in [0.25, 0.3) is 0 Å². The molecule has 0 amide bonds. The van der Waals surface area contributed by atoms with Crippen molar-refractivity contribution in [1.82, 2.24) is 0 Å². The molecule has 110 valence electrons. The molecule has 2 N–H and O–H groups in total. The van der Waals surface area contributed by atoms with E-state index in [0.29, 0.717) is 16.5 Å². The number of ether oxygens (including phenoxy) is 2. The minimum absolute atomic E-state index is 0.0638. The normalized spacial score (nSPS) is 10.6. The van der Waals surface area contributed by atoms with E-state index in [2.05, 4.69) is 10.5 Å². The van der Waals surface area contributed by atoms with Gasteiger partial charge in [0.05, 0.1) is 31.1 Å². The lowest BCUT2D eigenvalue weighted by molar-refractivity contribution is 0.373. The third kappa shape index (κ3) is 3.79. The van der Waals surface area contributed by atoms with Gasteiger partial charge in [0.15, 0.2) is 11.5 Å². The molecule has 21 heavy (non-hydrogen) atoms. The summed E-state index contributed by atoms with van der Waals surface area (Å²) in [6, 6.07) is 10.3. The van der Waals surface area contributed by atoms with Crippen LogP contribution in [0.5, 0.6) is 17.2 Å². The fourth-order valence-electron chi connectivity index (χ4n) is 1.70. The third-order valence-electron chi connectivity index (χ3n) is 2.76. The molecule has 6 heteroatoms. The van der Waals surface area contributed by atoms with Gasteiger partial charge < -0.3 is 14.6 Å². The van der Waals surface area contributed by atoms with Gasteiger partial charge >= 0.3 is 0 Å². The topological polar surface area (TPSA) is 63.1 Å². The summed E-state index contributed by atoms with van der Waals surface area (Å²) < 4.78 is 10.0. The predicted molar refractivity (Wildman–Crippen MR) is 83.9 cm³/mol. The highest BCUT2D eigenvalue weighted by molar-refractivity contribution is 6.32. The molecule has 2 rings (SSSR count). The molecule has 2 aromatic carbocycles. The van der Waals surface area contributed by atoms with Crippen LogP contribution in [-0.4, -0.2) is 25.5 Å². The molecule has 0 unspecified atom stereocenters. The molecule has 0 aromatic heterocycles. The Morgan fingerprint density at radius 2 is 1.81 bits per heavy atom. The summed E-state index contributed by atoms with van der Waals surface area (Å²) in [5, 5.41) is 14.2. The Balaban J connectivity index is 2.05. The van der Waals surface area contributed by atoms with E-state index < -0.39 is 0 Å². The number of hydrogen-bond acceptors (Lipinski definition) is 5. The van der Waals surface area contributed by atoms with Gasteiger partial charge in [-0.25, -0.2) is 0 Å². The number of hydrogen-bond donors (Lipinski definition) is 2. The number of nitrogens with one attached hydrogen (secondary N) is 1. The van der Waals surface area contributed by atoms with Gasteiger partial charge in [-0.1, -0.05) is 11.6 Å². The summed E-state index contributed by atoms with van der Waals surface area (Å²) >= 11 is 6.02. The average molecular weight is 307 g/mol. The van der Waals surface area contributed by atoms with Crippen molar-refractivity contribution in [2.75, 3.05) is 19.6 Å². The molecule has 0 aliphatic rings. The Labute approximate surface area is 127 Å². The van der Waals surface area contributed by atoms with Gasteiger partial charge in [-0.2, -0.15) is 5.10 Å². The Kier molecular flexibility index (Phi) is 4.90. The number of nitrogens with zero attached hydrogens (tertiary/aromatic N) is 1. The Morgan fingerprint density at radius 1 is 1.10 bits per heavy atom. The van der Waals surface area contributed by atoms with Gasteiger partial charge in [-0.3, -0.25) is 5.43 Å². The van der Waals surface area contributed by atoms with E-state index >= 15 is 0 Å². The van der Waals surface area contributed by atoms with Gasteiger partial charge in [-0.05, 0) is 42.0 Å². The molecule has 0 fully saturated rings. The number of hydrazone groups is 1.